The van der Waals surface area contributed by atoms with Crippen LogP contribution in [0.2, 0.25) is 0 Å². The number of carbonyl (C=O) groups excluding carboxylic acids is 1. The summed E-state index contributed by atoms with van der Waals surface area (Å²) >= 11 is 0. The first-order valence-electron chi connectivity index (χ1n) is 22.8. The van der Waals surface area contributed by atoms with E-state index in [9.17, 15) is 4.79 Å². The minimum absolute atomic E-state index is 0.285. The summed E-state index contributed by atoms with van der Waals surface area (Å²) in [6.45, 7) is 5.06. The molecule has 296 valence electrons. The van der Waals surface area contributed by atoms with Crippen molar-refractivity contribution in [3.8, 4) is 11.5 Å². The van der Waals surface area contributed by atoms with Crippen LogP contribution < -0.4 is 4.74 Å². The Balaban J connectivity index is 1.52. The SMILES string of the molecule is CCCCCCCCCCCCCCCCCCOC(=O)c1ccccc1Oc1ccccc1CCCCCCCCCCCCCCCCCC. The van der Waals surface area contributed by atoms with Gasteiger partial charge in [0.25, 0.3) is 0 Å². The summed E-state index contributed by atoms with van der Waals surface area (Å²) in [5, 5.41) is 0. The summed E-state index contributed by atoms with van der Waals surface area (Å²) in [5.41, 5.74) is 1.72. The smallest absolute Gasteiger partial charge is 0.341 e. The fourth-order valence-corrected chi connectivity index (χ4v) is 7.41. The number of benzene rings is 2. The van der Waals surface area contributed by atoms with Crippen LogP contribution in [0.4, 0.5) is 0 Å². The van der Waals surface area contributed by atoms with Crippen molar-refractivity contribution in [1.82, 2.24) is 0 Å². The van der Waals surface area contributed by atoms with Crippen LogP contribution >= 0.6 is 0 Å². The average Bonchev–Trinajstić information content (AvgIpc) is 3.16. The highest BCUT2D eigenvalue weighted by molar-refractivity contribution is 5.92. The fraction of sp³-hybridized carbons (Fsp3) is 0.735. The topological polar surface area (TPSA) is 35.5 Å². The summed E-state index contributed by atoms with van der Waals surface area (Å²) in [6.07, 6.45) is 44.5. The molecule has 0 aliphatic heterocycles. The monoisotopic (exact) mass is 719 g/mol. The molecular formula is C49H82O3. The van der Waals surface area contributed by atoms with Gasteiger partial charge in [-0.3, -0.25) is 0 Å². The van der Waals surface area contributed by atoms with Gasteiger partial charge in [0.15, 0.2) is 0 Å². The van der Waals surface area contributed by atoms with Crippen LogP contribution in [-0.4, -0.2) is 12.6 Å². The Kier molecular flexibility index (Phi) is 30.4. The number of para-hydroxylation sites is 2. The number of carbonyl (C=O) groups is 1. The quantitative estimate of drug-likeness (QED) is 0.0515. The van der Waals surface area contributed by atoms with Gasteiger partial charge in [-0.2, -0.15) is 0 Å². The van der Waals surface area contributed by atoms with Gasteiger partial charge in [-0.15, -0.1) is 0 Å². The number of hydrogen-bond acceptors (Lipinski definition) is 3. The van der Waals surface area contributed by atoms with Gasteiger partial charge in [0.2, 0.25) is 0 Å². The molecule has 3 heteroatoms. The Bertz CT molecular complexity index is 1080. The van der Waals surface area contributed by atoms with E-state index in [-0.39, 0.29) is 5.97 Å². The minimum atomic E-state index is -0.285. The van der Waals surface area contributed by atoms with Crippen molar-refractivity contribution in [2.24, 2.45) is 0 Å². The van der Waals surface area contributed by atoms with E-state index in [1.807, 2.05) is 36.4 Å². The van der Waals surface area contributed by atoms with Gasteiger partial charge < -0.3 is 9.47 Å². The first kappa shape index (κ1) is 45.9. The number of esters is 1. The van der Waals surface area contributed by atoms with E-state index in [0.29, 0.717) is 17.9 Å². The van der Waals surface area contributed by atoms with Crippen molar-refractivity contribution in [2.45, 2.75) is 226 Å². The standard InChI is InChI=1S/C49H82O3/c1-3-5-7-9-11-13-15-17-19-21-23-25-27-29-31-33-39-45-40-34-36-42-47(45)52-48-43-37-35-41-46(48)49(50)51-44-38-32-30-28-26-24-22-20-18-16-14-12-10-8-6-4-2/h34-37,40-43H,3-33,38-39,44H2,1-2H3. The highest BCUT2D eigenvalue weighted by Crippen LogP contribution is 2.30. The molecule has 0 bridgehead atoms. The Labute approximate surface area is 322 Å². The normalized spacial score (nSPS) is 11.3. The third-order valence-corrected chi connectivity index (χ3v) is 10.8. The molecule has 0 heterocycles. The van der Waals surface area contributed by atoms with Gasteiger partial charge >= 0.3 is 5.97 Å². The molecule has 0 spiro atoms. The lowest BCUT2D eigenvalue weighted by atomic mass is 10.0. The van der Waals surface area contributed by atoms with Gasteiger partial charge in [0.1, 0.15) is 17.1 Å². The van der Waals surface area contributed by atoms with Crippen LogP contribution in [0.25, 0.3) is 0 Å². The zero-order chi connectivity index (χ0) is 37.0. The lowest BCUT2D eigenvalue weighted by Gasteiger charge is -2.14. The zero-order valence-electron chi connectivity index (χ0n) is 34.4. The molecule has 2 aromatic rings. The van der Waals surface area contributed by atoms with Gasteiger partial charge in [-0.1, -0.05) is 237 Å². The maximum absolute atomic E-state index is 13.0. The molecule has 0 amide bonds. The minimum Gasteiger partial charge on any atom is -0.462 e. The number of hydrogen-bond donors (Lipinski definition) is 0. The third kappa shape index (κ3) is 24.9. The van der Waals surface area contributed by atoms with E-state index in [1.165, 1.54) is 198 Å². The van der Waals surface area contributed by atoms with Gasteiger partial charge in [-0.25, -0.2) is 4.79 Å². The molecule has 0 N–H and O–H groups in total. The molecule has 3 nitrogen and oxygen atoms in total. The maximum atomic E-state index is 13.0. The van der Waals surface area contributed by atoms with E-state index >= 15 is 0 Å². The summed E-state index contributed by atoms with van der Waals surface area (Å²) in [4.78, 5) is 13.0. The lowest BCUT2D eigenvalue weighted by molar-refractivity contribution is 0.0495. The zero-order valence-corrected chi connectivity index (χ0v) is 34.4. The first-order chi connectivity index (χ1) is 25.8. The van der Waals surface area contributed by atoms with E-state index in [1.54, 1.807) is 0 Å². The predicted molar refractivity (Wildman–Crippen MR) is 226 cm³/mol. The van der Waals surface area contributed by atoms with Crippen molar-refractivity contribution in [1.29, 1.82) is 0 Å². The largest absolute Gasteiger partial charge is 0.462 e. The molecule has 0 aromatic heterocycles. The fourth-order valence-electron chi connectivity index (χ4n) is 7.41. The molecule has 0 aliphatic carbocycles. The van der Waals surface area contributed by atoms with Gasteiger partial charge in [0.05, 0.1) is 6.61 Å². The number of aryl methyl sites for hydroxylation is 1. The Morgan fingerprint density at radius 2 is 0.750 bits per heavy atom. The van der Waals surface area contributed by atoms with Crippen LogP contribution in [0.1, 0.15) is 235 Å². The van der Waals surface area contributed by atoms with E-state index in [4.69, 9.17) is 9.47 Å². The summed E-state index contributed by atoms with van der Waals surface area (Å²) < 4.78 is 12.1. The Morgan fingerprint density at radius 1 is 0.404 bits per heavy atom. The van der Waals surface area contributed by atoms with Crippen molar-refractivity contribution >= 4 is 5.97 Å². The maximum Gasteiger partial charge on any atom is 0.341 e. The van der Waals surface area contributed by atoms with Crippen LogP contribution in [0.15, 0.2) is 48.5 Å². The number of ether oxygens (including phenoxy) is 2. The molecule has 52 heavy (non-hydrogen) atoms. The average molecular weight is 719 g/mol. The first-order valence-corrected chi connectivity index (χ1v) is 22.8. The molecule has 0 aliphatic rings. The van der Waals surface area contributed by atoms with Crippen molar-refractivity contribution < 1.29 is 14.3 Å². The van der Waals surface area contributed by atoms with Gasteiger partial charge in [0, 0.05) is 0 Å². The second kappa shape index (κ2) is 34.5. The van der Waals surface area contributed by atoms with E-state index in [0.717, 1.165) is 25.0 Å². The highest BCUT2D eigenvalue weighted by Gasteiger charge is 2.15. The molecule has 0 saturated carbocycles. The van der Waals surface area contributed by atoms with Crippen molar-refractivity contribution in [2.75, 3.05) is 6.61 Å². The predicted octanol–water partition coefficient (Wildman–Crippen LogP) is 16.7. The molecule has 0 saturated heterocycles. The third-order valence-electron chi connectivity index (χ3n) is 10.8. The summed E-state index contributed by atoms with van der Waals surface area (Å²) in [5.74, 6) is 1.15. The summed E-state index contributed by atoms with van der Waals surface area (Å²) in [6, 6.07) is 15.8. The molecule has 0 unspecified atom stereocenters. The Morgan fingerprint density at radius 3 is 1.19 bits per heavy atom. The highest BCUT2D eigenvalue weighted by atomic mass is 16.5. The van der Waals surface area contributed by atoms with Crippen LogP contribution in [0.5, 0.6) is 11.5 Å². The van der Waals surface area contributed by atoms with Crippen LogP contribution in [-0.2, 0) is 11.2 Å². The van der Waals surface area contributed by atoms with E-state index in [2.05, 4.69) is 26.0 Å². The molecule has 0 radical (unpaired) electrons. The molecule has 0 fully saturated rings. The summed E-state index contributed by atoms with van der Waals surface area (Å²) in [7, 11) is 0. The van der Waals surface area contributed by atoms with Crippen LogP contribution in [0.3, 0.4) is 0 Å². The van der Waals surface area contributed by atoms with Crippen LogP contribution in [0, 0.1) is 0 Å². The van der Waals surface area contributed by atoms with Crippen molar-refractivity contribution in [3.05, 3.63) is 59.7 Å². The molecule has 2 rings (SSSR count). The number of rotatable bonds is 37. The van der Waals surface area contributed by atoms with E-state index < -0.39 is 0 Å². The molecule has 0 atom stereocenters. The van der Waals surface area contributed by atoms with Crippen molar-refractivity contribution in [3.63, 3.8) is 0 Å². The number of unbranched alkanes of at least 4 members (excludes halogenated alkanes) is 30. The molecular weight excluding hydrogens is 637 g/mol. The second-order valence-electron chi connectivity index (χ2n) is 15.7. The lowest BCUT2D eigenvalue weighted by Crippen LogP contribution is -2.08. The van der Waals surface area contributed by atoms with Gasteiger partial charge in [-0.05, 0) is 43.0 Å². The molecule has 2 aromatic carbocycles. The Hall–Kier alpha value is -2.29. The second-order valence-corrected chi connectivity index (χ2v) is 15.7.